The van der Waals surface area contributed by atoms with E-state index in [4.69, 9.17) is 0 Å². The quantitative estimate of drug-likeness (QED) is 0.629. The Morgan fingerprint density at radius 1 is 1.42 bits per heavy atom. The fraction of sp³-hybridized carbons (Fsp3) is 0.583. The zero-order valence-electron chi connectivity index (χ0n) is 11.5. The van der Waals surface area contributed by atoms with Crippen LogP contribution in [-0.4, -0.2) is 44.5 Å². The van der Waals surface area contributed by atoms with Crippen molar-refractivity contribution in [2.75, 3.05) is 24.3 Å². The molecule has 0 aliphatic heterocycles. The molecule has 0 bridgehead atoms. The van der Waals surface area contributed by atoms with Crippen molar-refractivity contribution in [1.29, 1.82) is 0 Å². The molecule has 0 fully saturated rings. The highest BCUT2D eigenvalue weighted by Gasteiger charge is 2.23. The number of fused-ring (bicyclic) bond motifs is 1. The average molecular weight is 264 g/mol. The zero-order valence-corrected chi connectivity index (χ0v) is 11.5. The molecule has 0 spiro atoms. The number of rotatable bonds is 6. The molecule has 2 aromatic rings. The van der Waals surface area contributed by atoms with Gasteiger partial charge in [0.2, 0.25) is 5.95 Å². The number of nitrogens with one attached hydrogen (secondary N) is 3. The molecule has 0 amide bonds. The molecule has 7 heteroatoms. The van der Waals surface area contributed by atoms with Crippen LogP contribution in [0.2, 0.25) is 0 Å². The van der Waals surface area contributed by atoms with Gasteiger partial charge in [-0.1, -0.05) is 6.92 Å². The number of H-pyrrole nitrogens is 1. The van der Waals surface area contributed by atoms with Gasteiger partial charge in [-0.3, -0.25) is 5.10 Å². The lowest BCUT2D eigenvalue weighted by Gasteiger charge is -2.29. The van der Waals surface area contributed by atoms with E-state index in [1.165, 1.54) is 0 Å². The first-order valence-electron chi connectivity index (χ1n) is 6.40. The van der Waals surface area contributed by atoms with Crippen molar-refractivity contribution in [3.63, 3.8) is 0 Å². The standard InChI is InChI=1S/C12H20N6O/c1-4-12(2,5-6-19)17-9-8-7-14-18-10(8)16-11(13-3)15-9/h7,19H,4-6H2,1-3H3,(H3,13,14,15,16,17,18). The molecule has 0 radical (unpaired) electrons. The molecule has 1 atom stereocenters. The second-order valence-electron chi connectivity index (χ2n) is 4.79. The van der Waals surface area contributed by atoms with Gasteiger partial charge in [-0.25, -0.2) is 0 Å². The summed E-state index contributed by atoms with van der Waals surface area (Å²) in [6.45, 7) is 4.28. The van der Waals surface area contributed by atoms with Gasteiger partial charge in [-0.15, -0.1) is 0 Å². The molecule has 2 heterocycles. The van der Waals surface area contributed by atoms with E-state index in [1.54, 1.807) is 13.2 Å². The molecule has 4 N–H and O–H groups in total. The number of nitrogens with zero attached hydrogens (tertiary/aromatic N) is 3. The van der Waals surface area contributed by atoms with E-state index < -0.39 is 0 Å². The first kappa shape index (κ1) is 13.5. The maximum absolute atomic E-state index is 9.18. The van der Waals surface area contributed by atoms with Crippen LogP contribution < -0.4 is 10.6 Å². The smallest absolute Gasteiger partial charge is 0.226 e. The number of hydrogen-bond donors (Lipinski definition) is 4. The van der Waals surface area contributed by atoms with Crippen molar-refractivity contribution >= 4 is 22.8 Å². The fourth-order valence-corrected chi connectivity index (χ4v) is 1.90. The highest BCUT2D eigenvalue weighted by Crippen LogP contribution is 2.26. The van der Waals surface area contributed by atoms with Crippen LogP contribution in [0.1, 0.15) is 26.7 Å². The number of anilines is 2. The Balaban J connectivity index is 2.40. The van der Waals surface area contributed by atoms with Gasteiger partial charge in [0, 0.05) is 19.2 Å². The Morgan fingerprint density at radius 3 is 2.84 bits per heavy atom. The Kier molecular flexibility index (Phi) is 3.84. The second kappa shape index (κ2) is 5.40. The molecule has 0 aliphatic carbocycles. The number of aliphatic hydroxyl groups excluding tert-OH is 1. The van der Waals surface area contributed by atoms with Gasteiger partial charge in [0.25, 0.3) is 0 Å². The zero-order chi connectivity index (χ0) is 13.9. The molecule has 1 unspecified atom stereocenters. The van der Waals surface area contributed by atoms with E-state index in [-0.39, 0.29) is 12.1 Å². The summed E-state index contributed by atoms with van der Waals surface area (Å²) in [5, 5.41) is 23.2. The molecule has 19 heavy (non-hydrogen) atoms. The molecular weight excluding hydrogens is 244 g/mol. The summed E-state index contributed by atoms with van der Waals surface area (Å²) in [7, 11) is 1.77. The number of aliphatic hydroxyl groups is 1. The summed E-state index contributed by atoms with van der Waals surface area (Å²) in [5.41, 5.74) is 0.475. The number of aromatic amines is 1. The van der Waals surface area contributed by atoms with Gasteiger partial charge in [-0.2, -0.15) is 15.1 Å². The minimum Gasteiger partial charge on any atom is -0.396 e. The van der Waals surface area contributed by atoms with Crippen LogP contribution in [0.15, 0.2) is 6.20 Å². The fourth-order valence-electron chi connectivity index (χ4n) is 1.90. The van der Waals surface area contributed by atoms with Crippen molar-refractivity contribution in [3.8, 4) is 0 Å². The average Bonchev–Trinajstić information content (AvgIpc) is 2.87. The van der Waals surface area contributed by atoms with E-state index in [0.29, 0.717) is 18.0 Å². The summed E-state index contributed by atoms with van der Waals surface area (Å²) in [6.07, 6.45) is 3.24. The van der Waals surface area contributed by atoms with Crippen LogP contribution in [0.5, 0.6) is 0 Å². The van der Waals surface area contributed by atoms with E-state index in [9.17, 15) is 5.11 Å². The molecule has 0 saturated heterocycles. The molecule has 2 aromatic heterocycles. The van der Waals surface area contributed by atoms with Gasteiger partial charge in [0.05, 0.1) is 11.6 Å². The largest absolute Gasteiger partial charge is 0.396 e. The summed E-state index contributed by atoms with van der Waals surface area (Å²) in [4.78, 5) is 8.72. The lowest BCUT2D eigenvalue weighted by Crippen LogP contribution is -2.35. The molecule has 0 saturated carbocycles. The molecule has 7 nitrogen and oxygen atoms in total. The minimum atomic E-state index is -0.210. The maximum Gasteiger partial charge on any atom is 0.226 e. The summed E-state index contributed by atoms with van der Waals surface area (Å²) in [6, 6.07) is 0. The first-order chi connectivity index (χ1) is 9.11. The third-order valence-corrected chi connectivity index (χ3v) is 3.40. The van der Waals surface area contributed by atoms with E-state index in [2.05, 4.69) is 44.6 Å². The van der Waals surface area contributed by atoms with Crippen LogP contribution in [0.4, 0.5) is 11.8 Å². The van der Waals surface area contributed by atoms with Crippen LogP contribution in [0, 0.1) is 0 Å². The van der Waals surface area contributed by atoms with Crippen LogP contribution >= 0.6 is 0 Å². The SMILES string of the molecule is CCC(C)(CCO)Nc1nc(NC)nc2[nH]ncc12. The summed E-state index contributed by atoms with van der Waals surface area (Å²) < 4.78 is 0. The maximum atomic E-state index is 9.18. The second-order valence-corrected chi connectivity index (χ2v) is 4.79. The van der Waals surface area contributed by atoms with E-state index in [1.807, 2.05) is 0 Å². The lowest BCUT2D eigenvalue weighted by molar-refractivity contribution is 0.252. The first-order valence-corrected chi connectivity index (χ1v) is 6.40. The van der Waals surface area contributed by atoms with Crippen molar-refractivity contribution in [1.82, 2.24) is 20.2 Å². The highest BCUT2D eigenvalue weighted by molar-refractivity contribution is 5.87. The topological polar surface area (TPSA) is 98.7 Å². The van der Waals surface area contributed by atoms with Gasteiger partial charge in [-0.05, 0) is 19.8 Å². The van der Waals surface area contributed by atoms with Crippen LogP contribution in [0.3, 0.4) is 0 Å². The third kappa shape index (κ3) is 2.76. The predicted octanol–water partition coefficient (Wildman–Crippen LogP) is 1.36. The van der Waals surface area contributed by atoms with Gasteiger partial charge >= 0.3 is 0 Å². The summed E-state index contributed by atoms with van der Waals surface area (Å²) >= 11 is 0. The Labute approximate surface area is 111 Å². The van der Waals surface area contributed by atoms with Crippen molar-refractivity contribution in [2.24, 2.45) is 0 Å². The van der Waals surface area contributed by atoms with Gasteiger partial charge in [0.1, 0.15) is 5.82 Å². The highest BCUT2D eigenvalue weighted by atomic mass is 16.3. The monoisotopic (exact) mass is 264 g/mol. The van der Waals surface area contributed by atoms with E-state index >= 15 is 0 Å². The Hall–Kier alpha value is -1.89. The molecular formula is C12H20N6O. The predicted molar refractivity (Wildman–Crippen MR) is 75.3 cm³/mol. The number of hydrogen-bond acceptors (Lipinski definition) is 6. The normalized spacial score (nSPS) is 14.3. The van der Waals surface area contributed by atoms with Crippen LogP contribution in [0.25, 0.3) is 11.0 Å². The Morgan fingerprint density at radius 2 is 2.21 bits per heavy atom. The Bertz CT molecular complexity index is 554. The van der Waals surface area contributed by atoms with Crippen molar-refractivity contribution < 1.29 is 5.11 Å². The molecule has 2 rings (SSSR count). The van der Waals surface area contributed by atoms with E-state index in [0.717, 1.165) is 17.6 Å². The molecule has 0 aromatic carbocycles. The van der Waals surface area contributed by atoms with Crippen molar-refractivity contribution in [2.45, 2.75) is 32.2 Å². The number of aromatic nitrogens is 4. The van der Waals surface area contributed by atoms with Gasteiger partial charge in [0.15, 0.2) is 5.65 Å². The minimum absolute atomic E-state index is 0.135. The van der Waals surface area contributed by atoms with Crippen LogP contribution in [-0.2, 0) is 0 Å². The lowest BCUT2D eigenvalue weighted by atomic mass is 9.95. The van der Waals surface area contributed by atoms with Gasteiger partial charge < -0.3 is 15.7 Å². The summed E-state index contributed by atoms with van der Waals surface area (Å²) in [5.74, 6) is 1.25. The third-order valence-electron chi connectivity index (χ3n) is 3.40. The molecule has 0 aliphatic rings. The van der Waals surface area contributed by atoms with Crippen molar-refractivity contribution in [3.05, 3.63) is 6.20 Å². The molecule has 104 valence electrons.